The summed E-state index contributed by atoms with van der Waals surface area (Å²) in [6, 6.07) is 3.83. The van der Waals surface area contributed by atoms with Crippen LogP contribution in [-0.4, -0.2) is 24.4 Å². The molecular weight excluding hydrogens is 480 g/mol. The molecule has 3 rings (SSSR count). The molecule has 170 valence electrons. The summed E-state index contributed by atoms with van der Waals surface area (Å²) in [6.07, 6.45) is -8.63. The van der Waals surface area contributed by atoms with Gasteiger partial charge in [0.25, 0.3) is 5.91 Å². The van der Waals surface area contributed by atoms with Gasteiger partial charge in [0.2, 0.25) is 0 Å². The van der Waals surface area contributed by atoms with E-state index in [4.69, 9.17) is 21.7 Å². The molecule has 0 aromatic heterocycles. The molecule has 0 atom stereocenters. The molecule has 0 aliphatic carbocycles. The van der Waals surface area contributed by atoms with Crippen molar-refractivity contribution in [3.63, 3.8) is 0 Å². The molecule has 1 heterocycles. The van der Waals surface area contributed by atoms with Gasteiger partial charge in [-0.3, -0.25) is 4.79 Å². The van der Waals surface area contributed by atoms with Crippen LogP contribution in [0.4, 0.5) is 26.3 Å². The van der Waals surface area contributed by atoms with Gasteiger partial charge in [0.15, 0.2) is 11.5 Å². The topological polar surface area (TPSA) is 47.6 Å². The van der Waals surface area contributed by atoms with Gasteiger partial charge in [0, 0.05) is 5.56 Å². The highest BCUT2D eigenvalue weighted by molar-refractivity contribution is 8.26. The molecule has 0 saturated carbocycles. The lowest BCUT2D eigenvalue weighted by Crippen LogP contribution is -2.17. The molecule has 0 bridgehead atoms. The first-order valence-corrected chi connectivity index (χ1v) is 9.86. The summed E-state index contributed by atoms with van der Waals surface area (Å²) >= 11 is 5.87. The Balaban J connectivity index is 2.26. The molecule has 2 aromatic rings. The second kappa shape index (κ2) is 8.66. The fourth-order valence-corrected chi connectivity index (χ4v) is 3.99. The zero-order chi connectivity index (χ0) is 23.8. The van der Waals surface area contributed by atoms with Crippen LogP contribution in [0.15, 0.2) is 35.2 Å². The molecular formula is C20H13F6NO3S2. The van der Waals surface area contributed by atoms with Gasteiger partial charge >= 0.3 is 12.4 Å². The minimum atomic E-state index is -4.99. The number of methoxy groups -OCH3 is 2. The quantitative estimate of drug-likeness (QED) is 0.327. The minimum absolute atomic E-state index is 0.00270. The maximum atomic E-state index is 13.3. The lowest BCUT2D eigenvalue weighted by Gasteiger charge is -2.17. The minimum Gasteiger partial charge on any atom is -0.493 e. The van der Waals surface area contributed by atoms with E-state index in [9.17, 15) is 31.1 Å². The first-order valence-electron chi connectivity index (χ1n) is 8.64. The molecule has 4 nitrogen and oxygen atoms in total. The van der Waals surface area contributed by atoms with Crippen molar-refractivity contribution in [1.29, 1.82) is 0 Å². The van der Waals surface area contributed by atoms with Crippen LogP contribution >= 0.6 is 24.0 Å². The van der Waals surface area contributed by atoms with Crippen molar-refractivity contribution < 1.29 is 40.6 Å². The van der Waals surface area contributed by atoms with E-state index in [-0.39, 0.29) is 43.5 Å². The van der Waals surface area contributed by atoms with E-state index >= 15 is 0 Å². The van der Waals surface area contributed by atoms with Crippen LogP contribution in [0, 0.1) is 0 Å². The van der Waals surface area contributed by atoms with Gasteiger partial charge < -0.3 is 14.8 Å². The van der Waals surface area contributed by atoms with E-state index in [1.165, 1.54) is 32.4 Å². The summed E-state index contributed by atoms with van der Waals surface area (Å²) in [5.74, 6) is -0.309. The number of thiocarbonyl (C=S) groups is 1. The molecule has 2 aromatic carbocycles. The number of hydrogen-bond acceptors (Lipinski definition) is 5. The van der Waals surface area contributed by atoms with Gasteiger partial charge in [0.05, 0.1) is 30.3 Å². The predicted molar refractivity (Wildman–Crippen MR) is 111 cm³/mol. The smallest absolute Gasteiger partial charge is 0.416 e. The summed E-state index contributed by atoms with van der Waals surface area (Å²) in [7, 11) is 2.57. The van der Waals surface area contributed by atoms with Crippen LogP contribution in [-0.2, 0) is 17.1 Å². The lowest BCUT2D eigenvalue weighted by molar-refractivity contribution is -0.143. The van der Waals surface area contributed by atoms with Crippen molar-refractivity contribution in [1.82, 2.24) is 5.32 Å². The van der Waals surface area contributed by atoms with Crippen molar-refractivity contribution >= 4 is 40.3 Å². The lowest BCUT2D eigenvalue weighted by atomic mass is 9.96. The normalized spacial score (nSPS) is 15.8. The molecule has 32 heavy (non-hydrogen) atoms. The number of carbonyl (C=O) groups excluding carboxylic acids is 1. The number of nitrogens with one attached hydrogen (secondary N) is 1. The fraction of sp³-hybridized carbons (Fsp3) is 0.200. The largest absolute Gasteiger partial charge is 0.493 e. The number of carbonyl (C=O) groups is 1. The highest BCUT2D eigenvalue weighted by Crippen LogP contribution is 2.42. The van der Waals surface area contributed by atoms with E-state index in [1.54, 1.807) is 0 Å². The number of thioether (sulfide) groups is 1. The molecule has 0 unspecified atom stereocenters. The summed E-state index contributed by atoms with van der Waals surface area (Å²) in [5, 5.41) is 2.41. The van der Waals surface area contributed by atoms with E-state index in [0.29, 0.717) is 12.1 Å². The number of hydrogen-bond donors (Lipinski definition) is 1. The van der Waals surface area contributed by atoms with Crippen LogP contribution in [0.5, 0.6) is 11.5 Å². The molecule has 1 N–H and O–H groups in total. The van der Waals surface area contributed by atoms with Crippen molar-refractivity contribution in [2.75, 3.05) is 14.2 Å². The van der Waals surface area contributed by atoms with E-state index in [0.717, 1.165) is 11.8 Å². The summed E-state index contributed by atoms with van der Waals surface area (Å²) in [4.78, 5) is 12.2. The molecule has 1 fully saturated rings. The second-order valence-corrected chi connectivity index (χ2v) is 8.17. The summed E-state index contributed by atoms with van der Waals surface area (Å²) < 4.78 is 90.3. The molecule has 1 aliphatic rings. The van der Waals surface area contributed by atoms with E-state index in [1.807, 2.05) is 0 Å². The van der Waals surface area contributed by atoms with Gasteiger partial charge in [-0.2, -0.15) is 26.3 Å². The van der Waals surface area contributed by atoms with Crippen LogP contribution in [0.3, 0.4) is 0 Å². The van der Waals surface area contributed by atoms with Crippen LogP contribution < -0.4 is 14.8 Å². The predicted octanol–water partition coefficient (Wildman–Crippen LogP) is 5.90. The van der Waals surface area contributed by atoms with Crippen LogP contribution in [0.1, 0.15) is 16.7 Å². The third-order valence-electron chi connectivity index (χ3n) is 4.36. The average Bonchev–Trinajstić information content (AvgIpc) is 3.02. The SMILES string of the molecule is COc1cc(-c2cc(C(F)(F)F)cc(C(F)(F)F)c2)cc(C=C2SC(=S)NC2=O)c1OC. The maximum absolute atomic E-state index is 13.3. The summed E-state index contributed by atoms with van der Waals surface area (Å²) in [6.45, 7) is 0. The van der Waals surface area contributed by atoms with Gasteiger partial charge in [-0.05, 0) is 47.5 Å². The monoisotopic (exact) mass is 493 g/mol. The number of alkyl halides is 6. The molecule has 1 aliphatic heterocycles. The van der Waals surface area contributed by atoms with Crippen molar-refractivity contribution in [2.45, 2.75) is 12.4 Å². The van der Waals surface area contributed by atoms with Gasteiger partial charge in [-0.1, -0.05) is 24.0 Å². The van der Waals surface area contributed by atoms with Crippen molar-refractivity contribution in [3.05, 3.63) is 51.9 Å². The molecule has 1 saturated heterocycles. The first kappa shape index (κ1) is 23.9. The Kier molecular flexibility index (Phi) is 6.47. The van der Waals surface area contributed by atoms with E-state index in [2.05, 4.69) is 5.32 Å². The molecule has 1 amide bonds. The van der Waals surface area contributed by atoms with Crippen molar-refractivity contribution in [2.24, 2.45) is 0 Å². The first-order chi connectivity index (χ1) is 14.8. The average molecular weight is 493 g/mol. The number of halogens is 6. The third-order valence-corrected chi connectivity index (χ3v) is 5.52. The van der Waals surface area contributed by atoms with Gasteiger partial charge in [-0.25, -0.2) is 0 Å². The van der Waals surface area contributed by atoms with Gasteiger partial charge in [0.1, 0.15) is 4.32 Å². The number of ether oxygens (including phenoxy) is 2. The summed E-state index contributed by atoms with van der Waals surface area (Å²) in [5.41, 5.74) is -3.04. The molecule has 0 radical (unpaired) electrons. The zero-order valence-corrected chi connectivity index (χ0v) is 17.9. The maximum Gasteiger partial charge on any atom is 0.416 e. The second-order valence-electron chi connectivity index (χ2n) is 6.45. The highest BCUT2D eigenvalue weighted by Gasteiger charge is 2.37. The standard InChI is InChI=1S/C20H13F6NO3S2/c1-29-14-6-9(3-11(16(14)30-2)7-15-17(28)27-18(31)32-15)10-4-12(19(21,22)23)8-13(5-10)20(24,25)26/h3-8H,1-2H3,(H,27,28,31). The van der Waals surface area contributed by atoms with Gasteiger partial charge in [-0.15, -0.1) is 0 Å². The third kappa shape index (κ3) is 5.01. The van der Waals surface area contributed by atoms with Crippen LogP contribution in [0.2, 0.25) is 0 Å². The van der Waals surface area contributed by atoms with Crippen molar-refractivity contribution in [3.8, 4) is 22.6 Å². The highest BCUT2D eigenvalue weighted by atomic mass is 32.2. The Morgan fingerprint density at radius 1 is 0.906 bits per heavy atom. The Bertz CT molecular complexity index is 1090. The Labute approximate surface area is 187 Å². The zero-order valence-electron chi connectivity index (χ0n) is 16.3. The Morgan fingerprint density at radius 3 is 1.91 bits per heavy atom. The van der Waals surface area contributed by atoms with E-state index < -0.39 is 29.4 Å². The fourth-order valence-electron chi connectivity index (χ4n) is 2.95. The Hall–Kier alpha value is -2.73. The number of rotatable bonds is 4. The van der Waals surface area contributed by atoms with Crippen LogP contribution in [0.25, 0.3) is 17.2 Å². The Morgan fingerprint density at radius 2 is 1.47 bits per heavy atom. The number of amides is 1. The molecule has 0 spiro atoms. The molecule has 12 heteroatoms. The number of benzene rings is 2.